The number of benzene rings is 1. The first kappa shape index (κ1) is 13.3. The lowest BCUT2D eigenvalue weighted by atomic mass is 10.2. The van der Waals surface area contributed by atoms with Gasteiger partial charge in [-0.2, -0.15) is 5.10 Å². The van der Waals surface area contributed by atoms with E-state index in [1.54, 1.807) is 12.1 Å². The van der Waals surface area contributed by atoms with E-state index >= 15 is 0 Å². The topological polar surface area (TPSA) is 61.7 Å². The molecule has 0 aliphatic heterocycles. The molecule has 2 N–H and O–H groups in total. The maximum absolute atomic E-state index is 10.8. The Hall–Kier alpha value is -2.14. The van der Waals surface area contributed by atoms with Crippen LogP contribution in [-0.2, 0) is 0 Å². The largest absolute Gasteiger partial charge is 0.477 e. The predicted molar refractivity (Wildman–Crippen MR) is 78.3 cm³/mol. The Balaban J connectivity index is 2.12. The molecule has 0 saturated carbocycles. The molecule has 0 fully saturated rings. The minimum atomic E-state index is -0.907. The lowest BCUT2D eigenvalue weighted by Gasteiger charge is -2.02. The number of thiophene rings is 1. The molecule has 98 valence electrons. The molecule has 0 aliphatic carbocycles. The van der Waals surface area contributed by atoms with E-state index in [1.807, 2.05) is 38.1 Å². The molecule has 0 unspecified atom stereocenters. The third-order valence-corrected chi connectivity index (χ3v) is 3.73. The molecular formula is C14H14N2O2S. The van der Waals surface area contributed by atoms with Gasteiger partial charge < -0.3 is 5.11 Å². The van der Waals surface area contributed by atoms with Crippen molar-refractivity contribution in [1.82, 2.24) is 0 Å². The zero-order valence-corrected chi connectivity index (χ0v) is 11.5. The van der Waals surface area contributed by atoms with Crippen molar-refractivity contribution in [2.24, 2.45) is 5.10 Å². The van der Waals surface area contributed by atoms with Crippen molar-refractivity contribution in [3.63, 3.8) is 0 Å². The van der Waals surface area contributed by atoms with Crippen LogP contribution in [0.2, 0.25) is 0 Å². The van der Waals surface area contributed by atoms with Crippen molar-refractivity contribution in [1.29, 1.82) is 0 Å². The van der Waals surface area contributed by atoms with Crippen LogP contribution in [0.25, 0.3) is 0 Å². The lowest BCUT2D eigenvalue weighted by molar-refractivity contribution is 0.0702. The second-order valence-electron chi connectivity index (χ2n) is 4.15. The molecule has 0 aliphatic rings. The highest BCUT2D eigenvalue weighted by Gasteiger charge is 2.08. The van der Waals surface area contributed by atoms with Gasteiger partial charge in [0.25, 0.3) is 0 Å². The molecule has 0 bridgehead atoms. The minimum Gasteiger partial charge on any atom is -0.477 e. The number of hydrogen-bond acceptors (Lipinski definition) is 4. The smallest absolute Gasteiger partial charge is 0.345 e. The van der Waals surface area contributed by atoms with Crippen molar-refractivity contribution >= 4 is 28.7 Å². The highest BCUT2D eigenvalue weighted by molar-refractivity contribution is 7.15. The van der Waals surface area contributed by atoms with Gasteiger partial charge >= 0.3 is 5.97 Å². The maximum Gasteiger partial charge on any atom is 0.345 e. The van der Waals surface area contributed by atoms with Gasteiger partial charge in [0.15, 0.2) is 0 Å². The standard InChI is InChI=1S/C14H14N2O2S/c1-9-4-3-5-11(8-9)16-15-10(2)12-6-7-13(19-12)14(17)18/h3-8,16H,1-2H3,(H,17,18)/b15-10-. The summed E-state index contributed by atoms with van der Waals surface area (Å²) < 4.78 is 0. The number of hydrogen-bond donors (Lipinski definition) is 2. The van der Waals surface area contributed by atoms with Gasteiger partial charge in [-0.3, -0.25) is 5.43 Å². The van der Waals surface area contributed by atoms with Crippen LogP contribution < -0.4 is 5.43 Å². The Morgan fingerprint density at radius 3 is 2.63 bits per heavy atom. The Morgan fingerprint density at radius 1 is 1.26 bits per heavy atom. The normalized spacial score (nSPS) is 11.4. The maximum atomic E-state index is 10.8. The van der Waals surface area contributed by atoms with Gasteiger partial charge in [0.2, 0.25) is 0 Å². The van der Waals surface area contributed by atoms with Crippen LogP contribution >= 0.6 is 11.3 Å². The summed E-state index contributed by atoms with van der Waals surface area (Å²) in [5, 5.41) is 13.1. The first-order valence-electron chi connectivity index (χ1n) is 5.77. The molecule has 0 spiro atoms. The number of nitrogens with zero attached hydrogens (tertiary/aromatic N) is 1. The number of carboxylic acids is 1. The number of carbonyl (C=O) groups is 1. The van der Waals surface area contributed by atoms with E-state index in [4.69, 9.17) is 5.11 Å². The second kappa shape index (κ2) is 5.67. The number of aryl methyl sites for hydroxylation is 1. The SMILES string of the molecule is C/C(=N/Nc1cccc(C)c1)c1ccc(C(=O)O)s1. The average Bonchev–Trinajstić information content (AvgIpc) is 2.86. The molecule has 1 aromatic heterocycles. The molecule has 4 nitrogen and oxygen atoms in total. The van der Waals surface area contributed by atoms with Crippen molar-refractivity contribution in [3.05, 3.63) is 51.7 Å². The van der Waals surface area contributed by atoms with Crippen LogP contribution in [0.5, 0.6) is 0 Å². The molecule has 2 aromatic rings. The van der Waals surface area contributed by atoms with Gasteiger partial charge in [-0.1, -0.05) is 12.1 Å². The van der Waals surface area contributed by atoms with E-state index in [9.17, 15) is 4.79 Å². The quantitative estimate of drug-likeness (QED) is 0.661. The highest BCUT2D eigenvalue weighted by Crippen LogP contribution is 2.18. The highest BCUT2D eigenvalue weighted by atomic mass is 32.1. The first-order chi connectivity index (χ1) is 9.06. The lowest BCUT2D eigenvalue weighted by Crippen LogP contribution is -1.97. The van der Waals surface area contributed by atoms with E-state index in [0.29, 0.717) is 4.88 Å². The summed E-state index contributed by atoms with van der Waals surface area (Å²) in [4.78, 5) is 12.0. The van der Waals surface area contributed by atoms with Crippen LogP contribution in [0.15, 0.2) is 41.5 Å². The summed E-state index contributed by atoms with van der Waals surface area (Å²) in [6.07, 6.45) is 0. The van der Waals surface area contributed by atoms with Crippen molar-refractivity contribution in [3.8, 4) is 0 Å². The van der Waals surface area contributed by atoms with E-state index in [-0.39, 0.29) is 0 Å². The number of aromatic carboxylic acids is 1. The zero-order valence-electron chi connectivity index (χ0n) is 10.7. The van der Waals surface area contributed by atoms with Crippen molar-refractivity contribution in [2.75, 3.05) is 5.43 Å². The second-order valence-corrected chi connectivity index (χ2v) is 5.23. The molecule has 19 heavy (non-hydrogen) atoms. The Labute approximate surface area is 115 Å². The van der Waals surface area contributed by atoms with E-state index in [1.165, 1.54) is 11.3 Å². The monoisotopic (exact) mass is 274 g/mol. The van der Waals surface area contributed by atoms with E-state index < -0.39 is 5.97 Å². The molecule has 0 saturated heterocycles. The molecule has 0 amide bonds. The zero-order chi connectivity index (χ0) is 13.8. The fraction of sp³-hybridized carbons (Fsp3) is 0.143. The van der Waals surface area contributed by atoms with E-state index in [2.05, 4.69) is 10.5 Å². The summed E-state index contributed by atoms with van der Waals surface area (Å²) in [5.74, 6) is -0.907. The third kappa shape index (κ3) is 3.42. The fourth-order valence-corrected chi connectivity index (χ4v) is 2.36. The van der Waals surface area contributed by atoms with Crippen LogP contribution in [0.1, 0.15) is 27.0 Å². The first-order valence-corrected chi connectivity index (χ1v) is 6.58. The molecule has 1 heterocycles. The van der Waals surface area contributed by atoms with Crippen LogP contribution in [-0.4, -0.2) is 16.8 Å². The number of rotatable bonds is 4. The molecule has 0 atom stereocenters. The van der Waals surface area contributed by atoms with Crippen molar-refractivity contribution < 1.29 is 9.90 Å². The Morgan fingerprint density at radius 2 is 2.00 bits per heavy atom. The van der Waals surface area contributed by atoms with Gasteiger partial charge in [0.1, 0.15) is 4.88 Å². The summed E-state index contributed by atoms with van der Waals surface area (Å²) in [6, 6.07) is 11.3. The predicted octanol–water partition coefficient (Wildman–Crippen LogP) is 3.59. The minimum absolute atomic E-state index is 0.320. The number of carboxylic acid groups (broad SMARTS) is 1. The number of nitrogens with one attached hydrogen (secondary N) is 1. The van der Waals surface area contributed by atoms with Gasteiger partial charge in [-0.05, 0) is 43.7 Å². The fourth-order valence-electron chi connectivity index (χ4n) is 1.57. The van der Waals surface area contributed by atoms with Crippen LogP contribution in [0.3, 0.4) is 0 Å². The van der Waals surface area contributed by atoms with Crippen molar-refractivity contribution in [2.45, 2.75) is 13.8 Å². The molecule has 1 aromatic carbocycles. The summed E-state index contributed by atoms with van der Waals surface area (Å²) in [6.45, 7) is 3.86. The van der Waals surface area contributed by atoms with Crippen LogP contribution in [0.4, 0.5) is 5.69 Å². The third-order valence-electron chi connectivity index (χ3n) is 2.54. The van der Waals surface area contributed by atoms with Gasteiger partial charge in [-0.15, -0.1) is 11.3 Å². The van der Waals surface area contributed by atoms with E-state index in [0.717, 1.165) is 21.8 Å². The molecule has 2 rings (SSSR count). The summed E-state index contributed by atoms with van der Waals surface area (Å²) >= 11 is 1.22. The van der Waals surface area contributed by atoms with Gasteiger partial charge in [-0.25, -0.2) is 4.79 Å². The molecule has 5 heteroatoms. The van der Waals surface area contributed by atoms with Gasteiger partial charge in [0, 0.05) is 0 Å². The summed E-state index contributed by atoms with van der Waals surface area (Å²) in [5.41, 5.74) is 5.80. The molecule has 0 radical (unpaired) electrons. The summed E-state index contributed by atoms with van der Waals surface area (Å²) in [7, 11) is 0. The Bertz CT molecular complexity index is 632. The van der Waals surface area contributed by atoms with Gasteiger partial charge in [0.05, 0.1) is 16.3 Å². The molecular weight excluding hydrogens is 260 g/mol. The number of anilines is 1. The Kier molecular flexibility index (Phi) is 3.97. The average molecular weight is 274 g/mol. The number of hydrazone groups is 1. The van der Waals surface area contributed by atoms with Crippen LogP contribution in [0, 0.1) is 6.92 Å².